The van der Waals surface area contributed by atoms with Crippen molar-refractivity contribution in [2.45, 2.75) is 32.7 Å². The average Bonchev–Trinajstić information content (AvgIpc) is 3.42. The van der Waals surface area contributed by atoms with Crippen molar-refractivity contribution >= 4 is 5.82 Å². The smallest absolute Gasteiger partial charge is 0.148 e. The minimum absolute atomic E-state index is 0.839. The topological polar surface area (TPSA) is 58.9 Å². The van der Waals surface area contributed by atoms with E-state index in [1.165, 1.54) is 37.9 Å². The second-order valence-electron chi connectivity index (χ2n) is 9.36. The Labute approximate surface area is 184 Å². The van der Waals surface area contributed by atoms with Gasteiger partial charge in [-0.3, -0.25) is 9.58 Å². The number of anilines is 1. The molecule has 0 amide bonds. The molecule has 3 heterocycles. The van der Waals surface area contributed by atoms with Gasteiger partial charge < -0.3 is 5.32 Å². The first kappa shape index (κ1) is 20.2. The van der Waals surface area contributed by atoms with Crippen molar-refractivity contribution in [3.63, 3.8) is 0 Å². The molecule has 1 N–H and O–H groups in total. The highest BCUT2D eigenvalue weighted by atomic mass is 15.3. The number of likely N-dealkylation sites (tertiary alicyclic amines) is 1. The Morgan fingerprint density at radius 1 is 1.00 bits per heavy atom. The maximum absolute atomic E-state index is 4.40. The van der Waals surface area contributed by atoms with E-state index in [0.717, 1.165) is 53.6 Å². The fourth-order valence-electron chi connectivity index (χ4n) is 5.60. The van der Waals surface area contributed by atoms with Gasteiger partial charge in [0.25, 0.3) is 0 Å². The van der Waals surface area contributed by atoms with Crippen LogP contribution in [-0.2, 0) is 13.6 Å². The third-order valence-corrected chi connectivity index (χ3v) is 7.06. The molecule has 31 heavy (non-hydrogen) atoms. The number of aryl methyl sites for hydroxylation is 2. The number of benzene rings is 1. The van der Waals surface area contributed by atoms with Gasteiger partial charge in [-0.1, -0.05) is 30.3 Å². The Morgan fingerprint density at radius 3 is 2.42 bits per heavy atom. The van der Waals surface area contributed by atoms with E-state index in [1.807, 2.05) is 37.0 Å². The van der Waals surface area contributed by atoms with Gasteiger partial charge in [0, 0.05) is 33.2 Å². The lowest BCUT2D eigenvalue weighted by atomic mass is 10.0. The van der Waals surface area contributed by atoms with Crippen molar-refractivity contribution in [3.05, 3.63) is 59.8 Å². The highest BCUT2D eigenvalue weighted by molar-refractivity contribution is 5.59. The van der Waals surface area contributed by atoms with Gasteiger partial charge in [0.2, 0.25) is 0 Å². The van der Waals surface area contributed by atoms with E-state index in [4.69, 9.17) is 0 Å². The van der Waals surface area contributed by atoms with E-state index in [-0.39, 0.29) is 0 Å². The lowest BCUT2D eigenvalue weighted by Gasteiger charge is -2.19. The number of nitrogens with one attached hydrogen (secondary N) is 1. The van der Waals surface area contributed by atoms with E-state index in [9.17, 15) is 0 Å². The SMILES string of the molecule is Cc1cnn(C)c1-c1ccc(NCCC2CC3CN(Cc4ccccc4)CC3C2)nn1. The van der Waals surface area contributed by atoms with Gasteiger partial charge >= 0.3 is 0 Å². The third-order valence-electron chi connectivity index (χ3n) is 7.06. The van der Waals surface area contributed by atoms with Gasteiger partial charge in [0.15, 0.2) is 0 Å². The van der Waals surface area contributed by atoms with Gasteiger partial charge in [-0.15, -0.1) is 10.2 Å². The molecule has 2 unspecified atom stereocenters. The zero-order valence-corrected chi connectivity index (χ0v) is 18.5. The number of hydrogen-bond acceptors (Lipinski definition) is 5. The summed E-state index contributed by atoms with van der Waals surface area (Å²) >= 11 is 0. The van der Waals surface area contributed by atoms with Crippen LogP contribution in [-0.4, -0.2) is 44.5 Å². The Hall–Kier alpha value is -2.73. The van der Waals surface area contributed by atoms with Crippen LogP contribution < -0.4 is 5.32 Å². The molecule has 162 valence electrons. The first-order valence-corrected chi connectivity index (χ1v) is 11.5. The third kappa shape index (κ3) is 4.49. The van der Waals surface area contributed by atoms with E-state index in [2.05, 4.69) is 55.8 Å². The second-order valence-corrected chi connectivity index (χ2v) is 9.36. The monoisotopic (exact) mass is 416 g/mol. The largest absolute Gasteiger partial charge is 0.369 e. The number of hydrogen-bond donors (Lipinski definition) is 1. The molecule has 0 spiro atoms. The molecule has 1 aliphatic heterocycles. The summed E-state index contributed by atoms with van der Waals surface area (Å²) < 4.78 is 1.85. The van der Waals surface area contributed by atoms with Gasteiger partial charge in [-0.2, -0.15) is 5.10 Å². The number of fused-ring (bicyclic) bond motifs is 1. The lowest BCUT2D eigenvalue weighted by molar-refractivity contribution is 0.288. The molecule has 2 aromatic heterocycles. The summed E-state index contributed by atoms with van der Waals surface area (Å²) in [5.74, 6) is 3.46. The lowest BCUT2D eigenvalue weighted by Crippen LogP contribution is -2.22. The van der Waals surface area contributed by atoms with Crippen molar-refractivity contribution in [2.75, 3.05) is 25.0 Å². The van der Waals surface area contributed by atoms with E-state index in [0.29, 0.717) is 0 Å². The molecule has 1 saturated heterocycles. The van der Waals surface area contributed by atoms with E-state index < -0.39 is 0 Å². The second kappa shape index (κ2) is 8.79. The molecule has 3 aromatic rings. The highest BCUT2D eigenvalue weighted by Crippen LogP contribution is 2.43. The van der Waals surface area contributed by atoms with E-state index >= 15 is 0 Å². The molecule has 6 heteroatoms. The van der Waals surface area contributed by atoms with Crippen LogP contribution >= 0.6 is 0 Å². The molecular weight excluding hydrogens is 384 g/mol. The van der Waals surface area contributed by atoms with Gasteiger partial charge in [0.05, 0.1) is 11.9 Å². The Kier molecular flexibility index (Phi) is 5.72. The summed E-state index contributed by atoms with van der Waals surface area (Å²) in [5.41, 5.74) is 4.45. The molecule has 2 aliphatic rings. The molecule has 0 radical (unpaired) electrons. The maximum Gasteiger partial charge on any atom is 0.148 e. The van der Waals surface area contributed by atoms with Crippen molar-refractivity contribution < 1.29 is 0 Å². The quantitative estimate of drug-likeness (QED) is 0.627. The van der Waals surface area contributed by atoms with Crippen LogP contribution in [0.1, 0.15) is 30.4 Å². The Morgan fingerprint density at radius 2 is 1.77 bits per heavy atom. The summed E-state index contributed by atoms with van der Waals surface area (Å²) in [6.45, 7) is 6.66. The van der Waals surface area contributed by atoms with Crippen LogP contribution in [0.2, 0.25) is 0 Å². The summed E-state index contributed by atoms with van der Waals surface area (Å²) in [7, 11) is 1.94. The number of nitrogens with zero attached hydrogens (tertiary/aromatic N) is 5. The number of aromatic nitrogens is 4. The van der Waals surface area contributed by atoms with Crippen molar-refractivity contribution in [1.82, 2.24) is 24.9 Å². The maximum atomic E-state index is 4.40. The van der Waals surface area contributed by atoms with Crippen LogP contribution in [0.5, 0.6) is 0 Å². The average molecular weight is 417 g/mol. The summed E-state index contributed by atoms with van der Waals surface area (Å²) in [6.07, 6.45) is 5.83. The van der Waals surface area contributed by atoms with E-state index in [1.54, 1.807) is 0 Å². The van der Waals surface area contributed by atoms with Crippen LogP contribution in [0.3, 0.4) is 0 Å². The molecule has 0 bridgehead atoms. The minimum Gasteiger partial charge on any atom is -0.369 e. The Bertz CT molecular complexity index is 963. The van der Waals surface area contributed by atoms with Gasteiger partial charge in [0.1, 0.15) is 11.5 Å². The van der Waals surface area contributed by atoms with Crippen molar-refractivity contribution in [3.8, 4) is 11.4 Å². The normalized spacial score (nSPS) is 23.2. The predicted molar refractivity (Wildman–Crippen MR) is 124 cm³/mol. The predicted octanol–water partition coefficient (Wildman–Crippen LogP) is 4.15. The summed E-state index contributed by atoms with van der Waals surface area (Å²) in [5, 5.41) is 16.5. The van der Waals surface area contributed by atoms with Crippen LogP contribution in [0.25, 0.3) is 11.4 Å². The fourth-order valence-corrected chi connectivity index (χ4v) is 5.60. The first-order chi connectivity index (χ1) is 15.2. The molecule has 2 fully saturated rings. The summed E-state index contributed by atoms with van der Waals surface area (Å²) in [6, 6.07) is 14.9. The summed E-state index contributed by atoms with van der Waals surface area (Å²) in [4.78, 5) is 2.65. The zero-order valence-electron chi connectivity index (χ0n) is 18.5. The minimum atomic E-state index is 0.839. The van der Waals surface area contributed by atoms with Crippen LogP contribution in [0.15, 0.2) is 48.7 Å². The highest BCUT2D eigenvalue weighted by Gasteiger charge is 2.40. The fraction of sp³-hybridized carbons (Fsp3) is 0.480. The Balaban J connectivity index is 1.07. The molecule has 2 atom stereocenters. The molecule has 1 aliphatic carbocycles. The molecular formula is C25H32N6. The van der Waals surface area contributed by atoms with Gasteiger partial charge in [-0.05, 0) is 67.2 Å². The standard InChI is InChI=1S/C25H32N6/c1-18-14-27-30(2)25(18)23-8-9-24(29-28-23)26-11-10-20-12-21-16-31(17-22(21)13-20)15-19-6-4-3-5-7-19/h3-9,14,20-22H,10-13,15-17H2,1-2H3,(H,26,29). The molecule has 1 aromatic carbocycles. The molecule has 1 saturated carbocycles. The van der Waals surface area contributed by atoms with Gasteiger partial charge in [-0.25, -0.2) is 0 Å². The first-order valence-electron chi connectivity index (χ1n) is 11.5. The van der Waals surface area contributed by atoms with Crippen molar-refractivity contribution in [2.24, 2.45) is 24.8 Å². The van der Waals surface area contributed by atoms with Crippen molar-refractivity contribution in [1.29, 1.82) is 0 Å². The molecule has 5 rings (SSSR count). The van der Waals surface area contributed by atoms with Crippen LogP contribution in [0.4, 0.5) is 5.82 Å². The number of rotatable bonds is 7. The van der Waals surface area contributed by atoms with Crippen LogP contribution in [0, 0.1) is 24.7 Å². The zero-order chi connectivity index (χ0) is 21.2. The molecule has 6 nitrogen and oxygen atoms in total.